The normalized spacial score (nSPS) is 38.7. The highest BCUT2D eigenvalue weighted by Gasteiger charge is 2.72. The number of nitrogens with one attached hydrogen (secondary N) is 1. The van der Waals surface area contributed by atoms with E-state index < -0.39 is 45.9 Å². The summed E-state index contributed by atoms with van der Waals surface area (Å²) in [5.41, 5.74) is 13.2. The van der Waals surface area contributed by atoms with Gasteiger partial charge in [-0.1, -0.05) is 0 Å². The molecule has 1 saturated heterocycles. The van der Waals surface area contributed by atoms with Crippen LogP contribution in [0.4, 0.5) is 4.79 Å². The minimum Gasteiger partial charge on any atom is -0.447 e. The molecule has 3 rings (SSSR count). The van der Waals surface area contributed by atoms with Crippen molar-refractivity contribution in [2.45, 2.75) is 36.4 Å². The van der Waals surface area contributed by atoms with Crippen molar-refractivity contribution in [1.82, 2.24) is 10.2 Å². The van der Waals surface area contributed by atoms with Crippen molar-refractivity contribution < 1.29 is 31.8 Å². The molecular formula is C11H19N7O7S. The molecule has 1 fully saturated rings. The lowest BCUT2D eigenvalue weighted by molar-refractivity contribution is -0.0976. The first kappa shape index (κ1) is 18.4. The summed E-state index contributed by atoms with van der Waals surface area (Å²) in [4.78, 5) is 20.6. The number of carbonyl (C=O) groups is 1. The number of aliphatic imine (C=N–C) groups is 2. The number of hydrogen-bond acceptors (Lipinski definition) is 12. The van der Waals surface area contributed by atoms with Crippen molar-refractivity contribution in [3.05, 3.63) is 0 Å². The largest absolute Gasteiger partial charge is 0.447 e. The molecular weight excluding hydrogens is 374 g/mol. The zero-order valence-corrected chi connectivity index (χ0v) is 14.4. The molecule has 5 atom stereocenters. The molecule has 0 aromatic rings. The van der Waals surface area contributed by atoms with Gasteiger partial charge in [-0.2, -0.15) is 8.42 Å². The van der Waals surface area contributed by atoms with Gasteiger partial charge < -0.3 is 37.3 Å². The highest BCUT2D eigenvalue weighted by Crippen LogP contribution is 2.47. The summed E-state index contributed by atoms with van der Waals surface area (Å²) in [5, 5.41) is 13.9. The number of nitrogens with zero attached hydrogens (tertiary/aromatic N) is 3. The van der Waals surface area contributed by atoms with Gasteiger partial charge in [0, 0.05) is 0 Å². The van der Waals surface area contributed by atoms with E-state index in [0.717, 1.165) is 0 Å². The fourth-order valence-electron chi connectivity index (χ4n) is 3.72. The smallest absolute Gasteiger partial charge is 0.404 e. The Kier molecular flexibility index (Phi) is 3.95. The van der Waals surface area contributed by atoms with Crippen LogP contribution in [-0.4, -0.2) is 83.6 Å². The third kappa shape index (κ3) is 2.59. The SMILES string of the molecule is CC1(O)[C@@H](OS(=O)(=O)O)CN2C(N)=N[C@@H](COC(N)=O)[C@@H]3N=C(N)N[C@@]321. The van der Waals surface area contributed by atoms with Crippen LogP contribution in [0, 0.1) is 0 Å². The number of amides is 1. The van der Waals surface area contributed by atoms with Crippen molar-refractivity contribution in [2.24, 2.45) is 27.2 Å². The summed E-state index contributed by atoms with van der Waals surface area (Å²) in [5.74, 6) is -0.166. The molecule has 1 spiro atoms. The predicted octanol–water partition coefficient (Wildman–Crippen LogP) is -3.98. The van der Waals surface area contributed by atoms with Gasteiger partial charge in [0.15, 0.2) is 17.6 Å². The van der Waals surface area contributed by atoms with E-state index in [1.54, 1.807) is 0 Å². The molecule has 3 heterocycles. The van der Waals surface area contributed by atoms with E-state index in [1.165, 1.54) is 11.8 Å². The number of rotatable bonds is 4. The number of nitrogens with two attached hydrogens (primary N) is 3. The maximum atomic E-state index is 11.2. The zero-order chi connectivity index (χ0) is 19.5. The van der Waals surface area contributed by atoms with E-state index in [9.17, 15) is 18.3 Å². The Hall–Kier alpha value is -2.36. The van der Waals surface area contributed by atoms with Gasteiger partial charge in [-0.3, -0.25) is 4.55 Å². The Labute approximate surface area is 148 Å². The summed E-state index contributed by atoms with van der Waals surface area (Å²) < 4.78 is 40.7. The van der Waals surface area contributed by atoms with Crippen LogP contribution in [0.15, 0.2) is 9.98 Å². The highest BCUT2D eigenvalue weighted by molar-refractivity contribution is 7.80. The average Bonchev–Trinajstić information content (AvgIpc) is 2.93. The van der Waals surface area contributed by atoms with Gasteiger partial charge >= 0.3 is 16.5 Å². The molecule has 15 heteroatoms. The highest BCUT2D eigenvalue weighted by atomic mass is 32.3. The van der Waals surface area contributed by atoms with Crippen molar-refractivity contribution in [3.63, 3.8) is 0 Å². The third-order valence-corrected chi connectivity index (χ3v) is 5.25. The van der Waals surface area contributed by atoms with Gasteiger partial charge in [-0.15, -0.1) is 0 Å². The fraction of sp³-hybridized carbons (Fsp3) is 0.727. The lowest BCUT2D eigenvalue weighted by atomic mass is 9.79. The van der Waals surface area contributed by atoms with Crippen LogP contribution in [0.2, 0.25) is 0 Å². The molecule has 0 aromatic carbocycles. The van der Waals surface area contributed by atoms with Gasteiger partial charge in [-0.25, -0.2) is 19.0 Å². The summed E-state index contributed by atoms with van der Waals surface area (Å²) in [7, 11) is -4.87. The number of aliphatic hydroxyl groups is 1. The van der Waals surface area contributed by atoms with Gasteiger partial charge in [0.25, 0.3) is 0 Å². The number of hydrogen-bond donors (Lipinski definition) is 6. The quantitative estimate of drug-likeness (QED) is 0.252. The van der Waals surface area contributed by atoms with Crippen molar-refractivity contribution in [2.75, 3.05) is 13.2 Å². The van der Waals surface area contributed by atoms with Crippen LogP contribution in [0.5, 0.6) is 0 Å². The molecule has 0 aliphatic carbocycles. The lowest BCUT2D eigenvalue weighted by Crippen LogP contribution is -2.76. The second kappa shape index (κ2) is 5.57. The summed E-state index contributed by atoms with van der Waals surface area (Å²) in [6.07, 6.45) is -2.46. The van der Waals surface area contributed by atoms with Crippen molar-refractivity contribution in [3.8, 4) is 0 Å². The first-order chi connectivity index (χ1) is 11.9. The fourth-order valence-corrected chi connectivity index (χ4v) is 4.26. The number of carbonyl (C=O) groups excluding carboxylic acids is 1. The minimum absolute atomic E-state index is 0.0678. The molecule has 3 aliphatic rings. The Morgan fingerprint density at radius 3 is 2.69 bits per heavy atom. The Morgan fingerprint density at radius 2 is 2.12 bits per heavy atom. The van der Waals surface area contributed by atoms with Crippen molar-refractivity contribution in [1.29, 1.82) is 0 Å². The number of ether oxygens (including phenoxy) is 1. The number of guanidine groups is 2. The molecule has 0 bridgehead atoms. The van der Waals surface area contributed by atoms with Crippen LogP contribution in [0.3, 0.4) is 0 Å². The molecule has 0 saturated carbocycles. The molecule has 3 aliphatic heterocycles. The Balaban J connectivity index is 2.04. The zero-order valence-electron chi connectivity index (χ0n) is 13.6. The Morgan fingerprint density at radius 1 is 1.46 bits per heavy atom. The van der Waals surface area contributed by atoms with E-state index in [4.69, 9.17) is 26.5 Å². The molecule has 14 nitrogen and oxygen atoms in total. The molecule has 0 aromatic heterocycles. The van der Waals surface area contributed by atoms with E-state index >= 15 is 0 Å². The van der Waals surface area contributed by atoms with Crippen molar-refractivity contribution >= 4 is 28.4 Å². The topological polar surface area (TPSA) is 228 Å². The van der Waals surface area contributed by atoms with E-state index in [-0.39, 0.29) is 25.1 Å². The standard InChI is InChI=1S/C11H19N7O7S/c1-10(20)5(25-26(21,22)23)2-18-8(13)15-4(3-24-9(14)19)6-11(10,18)17-7(12)16-6/h4-6,20H,2-3H2,1H3,(H2,13,15)(H2,14,19)(H3,12,16,17)(H,21,22,23)/t4-,5-,6-,10?,11-/m0/s1. The van der Waals surface area contributed by atoms with Gasteiger partial charge in [0.05, 0.1) is 6.54 Å². The molecule has 1 amide bonds. The summed E-state index contributed by atoms with van der Waals surface area (Å²) >= 11 is 0. The second-order valence-corrected chi connectivity index (χ2v) is 7.35. The molecule has 146 valence electrons. The van der Waals surface area contributed by atoms with Crippen LogP contribution in [-0.2, 0) is 19.3 Å². The van der Waals surface area contributed by atoms with Gasteiger partial charge in [-0.05, 0) is 6.92 Å². The maximum Gasteiger partial charge on any atom is 0.404 e. The van der Waals surface area contributed by atoms with Crippen LogP contribution < -0.4 is 22.5 Å². The third-order valence-electron chi connectivity index (χ3n) is 4.77. The van der Waals surface area contributed by atoms with E-state index in [0.29, 0.717) is 0 Å². The Bertz CT molecular complexity index is 797. The first-order valence-electron chi connectivity index (χ1n) is 7.41. The molecule has 1 unspecified atom stereocenters. The lowest BCUT2D eigenvalue weighted by Gasteiger charge is -2.49. The molecule has 0 radical (unpaired) electrons. The second-order valence-electron chi connectivity index (χ2n) is 6.31. The predicted molar refractivity (Wildman–Crippen MR) is 86.0 cm³/mol. The molecule has 9 N–H and O–H groups in total. The number of primary amides is 1. The maximum absolute atomic E-state index is 11.2. The van der Waals surface area contributed by atoms with Gasteiger partial charge in [0.1, 0.15) is 30.4 Å². The van der Waals surface area contributed by atoms with Crippen LogP contribution in [0.25, 0.3) is 0 Å². The molecule has 26 heavy (non-hydrogen) atoms. The van der Waals surface area contributed by atoms with Gasteiger partial charge in [0.2, 0.25) is 0 Å². The van der Waals surface area contributed by atoms with E-state index in [2.05, 4.69) is 19.5 Å². The average molecular weight is 393 g/mol. The first-order valence-corrected chi connectivity index (χ1v) is 8.77. The van der Waals surface area contributed by atoms with Crippen LogP contribution >= 0.6 is 0 Å². The summed E-state index contributed by atoms with van der Waals surface area (Å²) in [6.45, 7) is 0.744. The van der Waals surface area contributed by atoms with E-state index in [1.807, 2.05) is 0 Å². The monoisotopic (exact) mass is 393 g/mol. The minimum atomic E-state index is -4.87. The summed E-state index contributed by atoms with van der Waals surface area (Å²) in [6, 6.07) is -1.78. The van der Waals surface area contributed by atoms with Crippen LogP contribution in [0.1, 0.15) is 6.92 Å².